The molecule has 0 saturated carbocycles. The highest BCUT2D eigenvalue weighted by molar-refractivity contribution is 5.44. The van der Waals surface area contributed by atoms with E-state index < -0.39 is 6.10 Å². The number of aliphatic hydroxyl groups is 2. The smallest absolute Gasteiger partial charge is 0.161 e. The number of hydrogen-bond acceptors (Lipinski definition) is 5. The van der Waals surface area contributed by atoms with Crippen molar-refractivity contribution in [1.82, 2.24) is 5.32 Å². The SMILES string of the molecule is CCC(CCO)CNCC(O)c1ccc2c(c1)OCCO2. The van der Waals surface area contributed by atoms with Crippen LogP contribution in [-0.2, 0) is 0 Å². The fraction of sp³-hybridized carbons (Fsp3) is 0.625. The maximum atomic E-state index is 10.2. The van der Waals surface area contributed by atoms with Gasteiger partial charge in [-0.05, 0) is 36.6 Å². The Balaban J connectivity index is 1.84. The van der Waals surface area contributed by atoms with Crippen LogP contribution in [0, 0.1) is 5.92 Å². The summed E-state index contributed by atoms with van der Waals surface area (Å²) in [6.07, 6.45) is 1.24. The topological polar surface area (TPSA) is 71.0 Å². The minimum Gasteiger partial charge on any atom is -0.486 e. The Morgan fingerprint density at radius 3 is 2.67 bits per heavy atom. The zero-order valence-electron chi connectivity index (χ0n) is 12.5. The molecule has 0 radical (unpaired) electrons. The molecule has 0 aromatic heterocycles. The van der Waals surface area contributed by atoms with E-state index in [-0.39, 0.29) is 6.61 Å². The molecule has 5 nitrogen and oxygen atoms in total. The molecule has 0 saturated heterocycles. The molecule has 1 aliphatic rings. The number of hydrogen-bond donors (Lipinski definition) is 3. The molecule has 1 aliphatic heterocycles. The first-order valence-electron chi connectivity index (χ1n) is 7.63. The summed E-state index contributed by atoms with van der Waals surface area (Å²) in [6, 6.07) is 5.55. The van der Waals surface area contributed by atoms with Crippen LogP contribution < -0.4 is 14.8 Å². The van der Waals surface area contributed by atoms with Crippen LogP contribution in [0.3, 0.4) is 0 Å². The van der Waals surface area contributed by atoms with Crippen molar-refractivity contribution in [1.29, 1.82) is 0 Å². The van der Waals surface area contributed by atoms with Gasteiger partial charge in [-0.1, -0.05) is 19.4 Å². The molecule has 0 fully saturated rings. The van der Waals surface area contributed by atoms with Crippen molar-refractivity contribution in [2.24, 2.45) is 5.92 Å². The lowest BCUT2D eigenvalue weighted by Crippen LogP contribution is -2.27. The average molecular weight is 295 g/mol. The van der Waals surface area contributed by atoms with E-state index in [1.54, 1.807) is 0 Å². The molecule has 0 bridgehead atoms. The van der Waals surface area contributed by atoms with Crippen LogP contribution in [0.1, 0.15) is 31.4 Å². The molecular weight excluding hydrogens is 270 g/mol. The van der Waals surface area contributed by atoms with Gasteiger partial charge in [0.25, 0.3) is 0 Å². The average Bonchev–Trinajstić information content (AvgIpc) is 2.53. The number of benzene rings is 1. The van der Waals surface area contributed by atoms with Crippen molar-refractivity contribution < 1.29 is 19.7 Å². The molecule has 2 unspecified atom stereocenters. The van der Waals surface area contributed by atoms with Gasteiger partial charge in [-0.15, -0.1) is 0 Å². The van der Waals surface area contributed by atoms with Crippen molar-refractivity contribution >= 4 is 0 Å². The predicted molar refractivity (Wildman–Crippen MR) is 80.7 cm³/mol. The molecule has 1 aromatic rings. The molecule has 0 spiro atoms. The number of nitrogens with one attached hydrogen (secondary N) is 1. The molecule has 2 atom stereocenters. The van der Waals surface area contributed by atoms with Crippen LogP contribution in [0.25, 0.3) is 0 Å². The molecule has 1 heterocycles. The molecule has 3 N–H and O–H groups in total. The zero-order chi connectivity index (χ0) is 15.1. The molecule has 2 rings (SSSR count). The maximum absolute atomic E-state index is 10.2. The van der Waals surface area contributed by atoms with Gasteiger partial charge in [-0.2, -0.15) is 0 Å². The van der Waals surface area contributed by atoms with Gasteiger partial charge in [0, 0.05) is 13.2 Å². The molecule has 0 amide bonds. The fourth-order valence-corrected chi connectivity index (χ4v) is 2.44. The van der Waals surface area contributed by atoms with E-state index in [9.17, 15) is 5.11 Å². The highest BCUT2D eigenvalue weighted by Gasteiger charge is 2.15. The van der Waals surface area contributed by atoms with E-state index in [1.165, 1.54) is 0 Å². The van der Waals surface area contributed by atoms with Gasteiger partial charge in [-0.3, -0.25) is 0 Å². The Morgan fingerprint density at radius 1 is 1.19 bits per heavy atom. The third-order valence-electron chi connectivity index (χ3n) is 3.84. The first-order chi connectivity index (χ1) is 10.2. The molecule has 0 aliphatic carbocycles. The van der Waals surface area contributed by atoms with E-state index in [0.29, 0.717) is 31.4 Å². The highest BCUT2D eigenvalue weighted by Crippen LogP contribution is 2.32. The lowest BCUT2D eigenvalue weighted by Gasteiger charge is -2.21. The van der Waals surface area contributed by atoms with Gasteiger partial charge in [0.05, 0.1) is 6.10 Å². The van der Waals surface area contributed by atoms with E-state index in [0.717, 1.165) is 30.7 Å². The standard InChI is InChI=1S/C16H25NO4/c1-2-12(5-6-18)10-17-11-14(19)13-3-4-15-16(9-13)21-8-7-20-15/h3-4,9,12,14,17-19H,2,5-8,10-11H2,1H3. The second-order valence-electron chi connectivity index (χ2n) is 5.36. The van der Waals surface area contributed by atoms with Crippen molar-refractivity contribution in [2.45, 2.75) is 25.9 Å². The Bertz CT molecular complexity index is 438. The Kier molecular flexibility index (Phi) is 6.29. The molecule has 118 valence electrons. The summed E-state index contributed by atoms with van der Waals surface area (Å²) in [7, 11) is 0. The van der Waals surface area contributed by atoms with Crippen LogP contribution >= 0.6 is 0 Å². The molecule has 21 heavy (non-hydrogen) atoms. The van der Waals surface area contributed by atoms with E-state index in [4.69, 9.17) is 14.6 Å². The third kappa shape index (κ3) is 4.59. The second kappa shape index (κ2) is 8.22. The van der Waals surface area contributed by atoms with Crippen LogP contribution in [0.4, 0.5) is 0 Å². The minimum absolute atomic E-state index is 0.213. The lowest BCUT2D eigenvalue weighted by molar-refractivity contribution is 0.161. The molecular formula is C16H25NO4. The number of ether oxygens (including phenoxy) is 2. The minimum atomic E-state index is -0.576. The second-order valence-corrected chi connectivity index (χ2v) is 5.36. The van der Waals surface area contributed by atoms with Gasteiger partial charge in [0.15, 0.2) is 11.5 Å². The summed E-state index contributed by atoms with van der Waals surface area (Å²) in [5.74, 6) is 1.88. The van der Waals surface area contributed by atoms with Gasteiger partial charge in [0.2, 0.25) is 0 Å². The number of rotatable bonds is 8. The van der Waals surface area contributed by atoms with Crippen LogP contribution in [0.15, 0.2) is 18.2 Å². The van der Waals surface area contributed by atoms with Gasteiger partial charge in [0.1, 0.15) is 13.2 Å². The quantitative estimate of drug-likeness (QED) is 0.678. The van der Waals surface area contributed by atoms with Crippen molar-refractivity contribution in [2.75, 3.05) is 32.9 Å². The zero-order valence-corrected chi connectivity index (χ0v) is 12.5. The molecule has 1 aromatic carbocycles. The largest absolute Gasteiger partial charge is 0.486 e. The number of fused-ring (bicyclic) bond motifs is 1. The lowest BCUT2D eigenvalue weighted by atomic mass is 10.0. The van der Waals surface area contributed by atoms with Gasteiger partial charge in [-0.25, -0.2) is 0 Å². The summed E-state index contributed by atoms with van der Waals surface area (Å²) in [5, 5.41) is 22.5. The first-order valence-corrected chi connectivity index (χ1v) is 7.63. The fourth-order valence-electron chi connectivity index (χ4n) is 2.44. The summed E-state index contributed by atoms with van der Waals surface area (Å²) < 4.78 is 11.0. The van der Waals surface area contributed by atoms with Crippen LogP contribution in [0.2, 0.25) is 0 Å². The summed E-state index contributed by atoms with van der Waals surface area (Å²) >= 11 is 0. The monoisotopic (exact) mass is 295 g/mol. The third-order valence-corrected chi connectivity index (χ3v) is 3.84. The van der Waals surface area contributed by atoms with Crippen LogP contribution in [0.5, 0.6) is 11.5 Å². The van der Waals surface area contributed by atoms with Gasteiger partial charge < -0.3 is 25.0 Å². The number of aliphatic hydroxyl groups excluding tert-OH is 2. The van der Waals surface area contributed by atoms with Crippen molar-refractivity contribution in [3.8, 4) is 11.5 Å². The van der Waals surface area contributed by atoms with Crippen molar-refractivity contribution in [3.63, 3.8) is 0 Å². The highest BCUT2D eigenvalue weighted by atomic mass is 16.6. The first kappa shape index (κ1) is 16.1. The maximum Gasteiger partial charge on any atom is 0.161 e. The normalized spacial score (nSPS) is 16.5. The van der Waals surface area contributed by atoms with Gasteiger partial charge >= 0.3 is 0 Å². The van der Waals surface area contributed by atoms with E-state index >= 15 is 0 Å². The summed E-state index contributed by atoms with van der Waals surface area (Å²) in [5.41, 5.74) is 0.821. The van der Waals surface area contributed by atoms with Crippen molar-refractivity contribution in [3.05, 3.63) is 23.8 Å². The summed E-state index contributed by atoms with van der Waals surface area (Å²) in [4.78, 5) is 0. The Labute approximate surface area is 125 Å². The Hall–Kier alpha value is -1.30. The molecule has 5 heteroatoms. The predicted octanol–water partition coefficient (Wildman–Crippen LogP) is 1.49. The van der Waals surface area contributed by atoms with E-state index in [2.05, 4.69) is 12.2 Å². The Morgan fingerprint density at radius 2 is 1.95 bits per heavy atom. The van der Waals surface area contributed by atoms with E-state index in [1.807, 2.05) is 18.2 Å². The van der Waals surface area contributed by atoms with Crippen LogP contribution in [-0.4, -0.2) is 43.1 Å². The summed E-state index contributed by atoms with van der Waals surface area (Å²) in [6.45, 7) is 4.73.